The standard InChI is InChI=1S/C20H25N5O4S/c1-11-6-13-7-12-4-3-5-15(12)18(17(11)13)23-20(26)24-30(21,27)16-8-22-25-9-14(28-2)10-29-19(16)25/h7-8,11,14H,3-6,9-10H2,1-2H3,(H3,21,23,24,26,27)/t11-,14-,30?/m0/s1. The van der Waals surface area contributed by atoms with Gasteiger partial charge in [0.2, 0.25) is 5.88 Å². The zero-order valence-corrected chi connectivity index (χ0v) is 17.8. The number of amides is 2. The molecule has 1 aliphatic heterocycles. The number of fused-ring (bicyclic) bond motifs is 3. The molecular formula is C20H25N5O4S. The highest BCUT2D eigenvalue weighted by molar-refractivity contribution is 7.91. The lowest BCUT2D eigenvalue weighted by molar-refractivity contribution is 0.0165. The van der Waals surface area contributed by atoms with Crippen LogP contribution in [0.2, 0.25) is 0 Å². The molecule has 0 spiro atoms. The van der Waals surface area contributed by atoms with Crippen LogP contribution in [0.4, 0.5) is 10.5 Å². The summed E-state index contributed by atoms with van der Waals surface area (Å²) >= 11 is 0. The van der Waals surface area contributed by atoms with E-state index in [1.165, 1.54) is 33.1 Å². The minimum Gasteiger partial charge on any atom is -0.474 e. The number of rotatable bonds is 3. The average Bonchev–Trinajstić information content (AvgIpc) is 3.33. The van der Waals surface area contributed by atoms with Crippen molar-refractivity contribution in [1.82, 2.24) is 9.78 Å². The number of carbonyl (C=O) groups excluding carboxylic acids is 1. The Morgan fingerprint density at radius 1 is 1.43 bits per heavy atom. The molecule has 2 heterocycles. The smallest absolute Gasteiger partial charge is 0.354 e. The molecule has 2 amide bonds. The Balaban J connectivity index is 1.45. The Morgan fingerprint density at radius 3 is 3.03 bits per heavy atom. The number of anilines is 1. The second kappa shape index (κ2) is 7.07. The summed E-state index contributed by atoms with van der Waals surface area (Å²) in [6.07, 6.45) is 5.23. The summed E-state index contributed by atoms with van der Waals surface area (Å²) in [5, 5.41) is 13.0. The molecular weight excluding hydrogens is 406 g/mol. The fourth-order valence-corrected chi connectivity index (χ4v) is 5.70. The molecule has 2 aromatic rings. The van der Waals surface area contributed by atoms with Crippen molar-refractivity contribution >= 4 is 21.6 Å². The van der Waals surface area contributed by atoms with E-state index in [0.717, 1.165) is 31.4 Å². The second-order valence-electron chi connectivity index (χ2n) is 8.18. The van der Waals surface area contributed by atoms with E-state index < -0.39 is 15.9 Å². The van der Waals surface area contributed by atoms with Crippen molar-refractivity contribution in [2.45, 2.75) is 56.1 Å². The van der Waals surface area contributed by atoms with Gasteiger partial charge in [0.15, 0.2) is 9.92 Å². The largest absolute Gasteiger partial charge is 0.474 e. The van der Waals surface area contributed by atoms with Crippen LogP contribution in [-0.2, 0) is 40.5 Å². The highest BCUT2D eigenvalue weighted by atomic mass is 32.2. The van der Waals surface area contributed by atoms with Gasteiger partial charge < -0.3 is 14.8 Å². The normalized spacial score (nSPS) is 23.3. The highest BCUT2D eigenvalue weighted by Gasteiger charge is 2.32. The average molecular weight is 432 g/mol. The molecule has 3 aliphatic rings. The van der Waals surface area contributed by atoms with Gasteiger partial charge in [-0.25, -0.2) is 18.8 Å². The van der Waals surface area contributed by atoms with Crippen molar-refractivity contribution in [2.24, 2.45) is 9.50 Å². The minimum atomic E-state index is -3.52. The molecule has 10 heteroatoms. The van der Waals surface area contributed by atoms with Gasteiger partial charge in [0.05, 0.1) is 12.7 Å². The number of hydrogen-bond acceptors (Lipinski definition) is 5. The van der Waals surface area contributed by atoms with Crippen LogP contribution in [0.25, 0.3) is 0 Å². The Bertz CT molecular complexity index is 1160. The Morgan fingerprint density at radius 2 is 2.27 bits per heavy atom. The second-order valence-corrected chi connectivity index (χ2v) is 9.94. The predicted molar refractivity (Wildman–Crippen MR) is 111 cm³/mol. The third kappa shape index (κ3) is 3.10. The van der Waals surface area contributed by atoms with Gasteiger partial charge in [-0.3, -0.25) is 0 Å². The van der Waals surface area contributed by atoms with Gasteiger partial charge in [-0.05, 0) is 53.9 Å². The fourth-order valence-electron chi connectivity index (χ4n) is 4.69. The lowest BCUT2D eigenvalue weighted by Gasteiger charge is -2.31. The number of ether oxygens (including phenoxy) is 2. The van der Waals surface area contributed by atoms with E-state index in [4.69, 9.17) is 14.6 Å². The zero-order valence-electron chi connectivity index (χ0n) is 17.0. The lowest BCUT2D eigenvalue weighted by Crippen LogP contribution is -2.32. The number of urea groups is 1. The molecule has 1 aromatic carbocycles. The molecule has 0 bridgehead atoms. The van der Waals surface area contributed by atoms with Gasteiger partial charge in [-0.15, -0.1) is 4.36 Å². The molecule has 160 valence electrons. The van der Waals surface area contributed by atoms with E-state index in [2.05, 4.69) is 27.8 Å². The molecule has 30 heavy (non-hydrogen) atoms. The van der Waals surface area contributed by atoms with Gasteiger partial charge >= 0.3 is 6.03 Å². The summed E-state index contributed by atoms with van der Waals surface area (Å²) in [5.41, 5.74) is 5.73. The molecule has 1 aromatic heterocycles. The molecule has 3 atom stereocenters. The molecule has 5 rings (SSSR count). The fraction of sp³-hybridized carbons (Fsp3) is 0.500. The SMILES string of the molecule is CO[C@@H]1COc2c(S(N)(=O)=NC(=O)Nc3c4c(cc5c3[C@@H](C)C5)CCC4)cnn2C1. The van der Waals surface area contributed by atoms with E-state index in [9.17, 15) is 9.00 Å². The van der Waals surface area contributed by atoms with E-state index >= 15 is 0 Å². The third-order valence-electron chi connectivity index (χ3n) is 6.19. The van der Waals surface area contributed by atoms with Crippen LogP contribution in [0.5, 0.6) is 5.88 Å². The summed E-state index contributed by atoms with van der Waals surface area (Å²) in [7, 11) is -1.93. The number of nitrogens with zero attached hydrogens (tertiary/aromatic N) is 3. The first kappa shape index (κ1) is 19.5. The molecule has 1 unspecified atom stereocenters. The summed E-state index contributed by atoms with van der Waals surface area (Å²) in [5.74, 6) is 0.652. The molecule has 9 nitrogen and oxygen atoms in total. The van der Waals surface area contributed by atoms with E-state index in [1.807, 2.05) is 0 Å². The van der Waals surface area contributed by atoms with Crippen molar-refractivity contribution in [2.75, 3.05) is 19.0 Å². The number of hydrogen-bond donors (Lipinski definition) is 2. The van der Waals surface area contributed by atoms with Crippen molar-refractivity contribution in [1.29, 1.82) is 0 Å². The quantitative estimate of drug-likeness (QED) is 0.773. The topological polar surface area (TPSA) is 121 Å². The summed E-state index contributed by atoms with van der Waals surface area (Å²) in [6, 6.07) is 1.55. The molecule has 0 saturated carbocycles. The third-order valence-corrected chi connectivity index (χ3v) is 7.53. The Hall–Kier alpha value is -2.43. The van der Waals surface area contributed by atoms with Crippen LogP contribution < -0.4 is 15.2 Å². The van der Waals surface area contributed by atoms with Crippen LogP contribution in [-0.4, -0.2) is 39.8 Å². The maximum absolute atomic E-state index is 13.1. The number of methoxy groups -OCH3 is 1. The van der Waals surface area contributed by atoms with Gasteiger partial charge in [-0.1, -0.05) is 13.0 Å². The molecule has 0 radical (unpaired) electrons. The first-order chi connectivity index (χ1) is 14.4. The van der Waals surface area contributed by atoms with Gasteiger partial charge in [0.1, 0.15) is 17.6 Å². The number of aryl methyl sites for hydroxylation is 1. The number of nitrogens with two attached hydrogens (primary N) is 1. The van der Waals surface area contributed by atoms with E-state index in [1.54, 1.807) is 7.11 Å². The summed E-state index contributed by atoms with van der Waals surface area (Å²) in [4.78, 5) is 12.9. The van der Waals surface area contributed by atoms with E-state index in [0.29, 0.717) is 12.5 Å². The maximum Gasteiger partial charge on any atom is 0.354 e. The van der Waals surface area contributed by atoms with Gasteiger partial charge in [0, 0.05) is 12.8 Å². The number of aromatic nitrogens is 2. The van der Waals surface area contributed by atoms with Gasteiger partial charge in [-0.2, -0.15) is 5.10 Å². The number of nitrogens with one attached hydrogen (secondary N) is 1. The van der Waals surface area contributed by atoms with Crippen molar-refractivity contribution in [3.63, 3.8) is 0 Å². The summed E-state index contributed by atoms with van der Waals surface area (Å²) < 4.78 is 29.4. The Labute approximate surface area is 175 Å². The Kier molecular flexibility index (Phi) is 4.60. The number of carbonyl (C=O) groups is 1. The molecule has 0 saturated heterocycles. The summed E-state index contributed by atoms with van der Waals surface area (Å²) in [6.45, 7) is 2.89. The van der Waals surface area contributed by atoms with Crippen molar-refractivity contribution < 1.29 is 18.5 Å². The van der Waals surface area contributed by atoms with E-state index in [-0.39, 0.29) is 23.5 Å². The predicted octanol–water partition coefficient (Wildman–Crippen LogP) is 2.37. The first-order valence-corrected chi connectivity index (χ1v) is 11.7. The number of benzene rings is 1. The van der Waals surface area contributed by atoms with Gasteiger partial charge in [0.25, 0.3) is 0 Å². The van der Waals surface area contributed by atoms with Crippen molar-refractivity contribution in [3.8, 4) is 5.88 Å². The molecule has 0 fully saturated rings. The molecule has 3 N–H and O–H groups in total. The minimum absolute atomic E-state index is 0.117. The maximum atomic E-state index is 13.1. The lowest BCUT2D eigenvalue weighted by atomic mass is 9.75. The monoisotopic (exact) mass is 431 g/mol. The van der Waals surface area contributed by atoms with Crippen LogP contribution in [0, 0.1) is 0 Å². The van der Waals surface area contributed by atoms with Crippen LogP contribution in [0.3, 0.4) is 0 Å². The van der Waals surface area contributed by atoms with Crippen molar-refractivity contribution in [3.05, 3.63) is 34.5 Å². The van der Waals surface area contributed by atoms with Crippen LogP contribution in [0.15, 0.2) is 21.5 Å². The van der Waals surface area contributed by atoms with Crippen LogP contribution in [0.1, 0.15) is 41.5 Å². The highest BCUT2D eigenvalue weighted by Crippen LogP contribution is 2.45. The van der Waals surface area contributed by atoms with Crippen LogP contribution >= 0.6 is 0 Å². The molecule has 2 aliphatic carbocycles. The zero-order chi connectivity index (χ0) is 21.0. The first-order valence-electron chi connectivity index (χ1n) is 10.1.